The van der Waals surface area contributed by atoms with Gasteiger partial charge in [-0.15, -0.1) is 0 Å². The SMILES string of the molecule is NC(C1CCCC1)C(N)C(F)(F)F. The lowest BCUT2D eigenvalue weighted by molar-refractivity contribution is -0.154. The topological polar surface area (TPSA) is 52.0 Å². The zero-order valence-electron chi connectivity index (χ0n) is 7.35. The molecule has 0 heterocycles. The first-order valence-electron chi connectivity index (χ1n) is 4.51. The normalized spacial score (nSPS) is 24.7. The van der Waals surface area contributed by atoms with E-state index in [9.17, 15) is 13.2 Å². The molecule has 78 valence electrons. The van der Waals surface area contributed by atoms with Gasteiger partial charge in [-0.1, -0.05) is 12.8 Å². The number of halogens is 3. The van der Waals surface area contributed by atoms with Gasteiger partial charge in [0.05, 0.1) is 0 Å². The second kappa shape index (κ2) is 3.84. The Balaban J connectivity index is 2.50. The molecule has 1 fully saturated rings. The summed E-state index contributed by atoms with van der Waals surface area (Å²) in [5, 5.41) is 0. The van der Waals surface area contributed by atoms with Gasteiger partial charge in [0.1, 0.15) is 6.04 Å². The Hall–Kier alpha value is -0.290. The molecular weight excluding hydrogens is 181 g/mol. The Kier molecular flexibility index (Phi) is 3.18. The van der Waals surface area contributed by atoms with Gasteiger partial charge in [0.25, 0.3) is 0 Å². The van der Waals surface area contributed by atoms with E-state index in [4.69, 9.17) is 11.5 Å². The van der Waals surface area contributed by atoms with Crippen molar-refractivity contribution >= 4 is 0 Å². The van der Waals surface area contributed by atoms with E-state index in [1.807, 2.05) is 0 Å². The second-order valence-corrected chi connectivity index (χ2v) is 3.69. The number of alkyl halides is 3. The maximum Gasteiger partial charge on any atom is 0.405 e. The first-order chi connectivity index (χ1) is 5.93. The molecule has 2 atom stereocenters. The quantitative estimate of drug-likeness (QED) is 0.701. The highest BCUT2D eigenvalue weighted by Crippen LogP contribution is 2.31. The predicted molar refractivity (Wildman–Crippen MR) is 44.0 cm³/mol. The zero-order chi connectivity index (χ0) is 10.1. The molecule has 4 N–H and O–H groups in total. The van der Waals surface area contributed by atoms with Gasteiger partial charge in [-0.2, -0.15) is 13.2 Å². The summed E-state index contributed by atoms with van der Waals surface area (Å²) in [6.45, 7) is 0. The minimum absolute atomic E-state index is 0.0448. The minimum Gasteiger partial charge on any atom is -0.326 e. The molecule has 1 aliphatic carbocycles. The van der Waals surface area contributed by atoms with Crippen LogP contribution in [0.3, 0.4) is 0 Å². The fraction of sp³-hybridized carbons (Fsp3) is 1.00. The molecule has 0 aromatic heterocycles. The van der Waals surface area contributed by atoms with Gasteiger partial charge in [-0.25, -0.2) is 0 Å². The molecule has 1 saturated carbocycles. The van der Waals surface area contributed by atoms with Crippen molar-refractivity contribution in [1.82, 2.24) is 0 Å². The molecule has 0 aliphatic heterocycles. The molecule has 5 heteroatoms. The van der Waals surface area contributed by atoms with Gasteiger partial charge >= 0.3 is 6.18 Å². The molecule has 0 bridgehead atoms. The van der Waals surface area contributed by atoms with Crippen molar-refractivity contribution in [2.75, 3.05) is 0 Å². The van der Waals surface area contributed by atoms with Gasteiger partial charge in [-0.05, 0) is 18.8 Å². The Morgan fingerprint density at radius 2 is 1.54 bits per heavy atom. The van der Waals surface area contributed by atoms with Crippen molar-refractivity contribution in [3.63, 3.8) is 0 Å². The van der Waals surface area contributed by atoms with Crippen molar-refractivity contribution in [3.8, 4) is 0 Å². The molecule has 1 rings (SSSR count). The van der Waals surface area contributed by atoms with E-state index in [2.05, 4.69) is 0 Å². The third-order valence-corrected chi connectivity index (χ3v) is 2.74. The van der Waals surface area contributed by atoms with Crippen LogP contribution in [0.1, 0.15) is 25.7 Å². The number of hydrogen-bond donors (Lipinski definition) is 2. The van der Waals surface area contributed by atoms with Gasteiger partial charge < -0.3 is 11.5 Å². The van der Waals surface area contributed by atoms with Crippen LogP contribution in [0.4, 0.5) is 13.2 Å². The van der Waals surface area contributed by atoms with E-state index in [1.165, 1.54) is 0 Å². The van der Waals surface area contributed by atoms with Crippen LogP contribution in [-0.4, -0.2) is 18.3 Å². The third kappa shape index (κ3) is 2.57. The molecule has 13 heavy (non-hydrogen) atoms. The monoisotopic (exact) mass is 196 g/mol. The van der Waals surface area contributed by atoms with Crippen LogP contribution in [0.2, 0.25) is 0 Å². The van der Waals surface area contributed by atoms with Crippen LogP contribution in [-0.2, 0) is 0 Å². The molecule has 0 amide bonds. The number of nitrogens with two attached hydrogens (primary N) is 2. The standard InChI is InChI=1S/C8H15F3N2/c9-8(10,11)7(13)6(12)5-3-1-2-4-5/h5-7H,1-4,12-13H2. The van der Waals surface area contributed by atoms with E-state index in [1.54, 1.807) is 0 Å². The summed E-state index contributed by atoms with van der Waals surface area (Å²) in [4.78, 5) is 0. The van der Waals surface area contributed by atoms with Crippen LogP contribution in [0.5, 0.6) is 0 Å². The van der Waals surface area contributed by atoms with Crippen LogP contribution >= 0.6 is 0 Å². The van der Waals surface area contributed by atoms with E-state index >= 15 is 0 Å². The molecule has 0 aromatic rings. The zero-order valence-corrected chi connectivity index (χ0v) is 7.35. The van der Waals surface area contributed by atoms with Crippen molar-refractivity contribution in [2.45, 2.75) is 43.9 Å². The van der Waals surface area contributed by atoms with Crippen molar-refractivity contribution in [3.05, 3.63) is 0 Å². The Morgan fingerprint density at radius 1 is 1.08 bits per heavy atom. The summed E-state index contributed by atoms with van der Waals surface area (Å²) in [5.41, 5.74) is 10.5. The first kappa shape index (κ1) is 10.8. The average molecular weight is 196 g/mol. The largest absolute Gasteiger partial charge is 0.405 e. The smallest absolute Gasteiger partial charge is 0.326 e. The van der Waals surface area contributed by atoms with E-state index in [0.29, 0.717) is 0 Å². The summed E-state index contributed by atoms with van der Waals surface area (Å²) < 4.78 is 36.4. The lowest BCUT2D eigenvalue weighted by Crippen LogP contribution is -2.54. The Labute approximate surface area is 75.5 Å². The highest BCUT2D eigenvalue weighted by atomic mass is 19.4. The predicted octanol–water partition coefficient (Wildman–Crippen LogP) is 1.39. The number of hydrogen-bond acceptors (Lipinski definition) is 2. The van der Waals surface area contributed by atoms with Gasteiger partial charge in [0, 0.05) is 6.04 Å². The Bertz CT molecular complexity index is 163. The van der Waals surface area contributed by atoms with Crippen molar-refractivity contribution in [2.24, 2.45) is 17.4 Å². The maximum atomic E-state index is 12.1. The van der Waals surface area contributed by atoms with Gasteiger partial charge in [0.15, 0.2) is 0 Å². The average Bonchev–Trinajstić information content (AvgIpc) is 2.51. The van der Waals surface area contributed by atoms with E-state index in [0.717, 1.165) is 25.7 Å². The summed E-state index contributed by atoms with van der Waals surface area (Å²) >= 11 is 0. The summed E-state index contributed by atoms with van der Waals surface area (Å²) in [7, 11) is 0. The number of rotatable bonds is 2. The Morgan fingerprint density at radius 3 is 1.92 bits per heavy atom. The molecule has 2 nitrogen and oxygen atoms in total. The van der Waals surface area contributed by atoms with Crippen LogP contribution in [0, 0.1) is 5.92 Å². The maximum absolute atomic E-state index is 12.1. The molecule has 0 radical (unpaired) electrons. The van der Waals surface area contributed by atoms with Gasteiger partial charge in [0.2, 0.25) is 0 Å². The second-order valence-electron chi connectivity index (χ2n) is 3.69. The lowest BCUT2D eigenvalue weighted by Gasteiger charge is -2.26. The van der Waals surface area contributed by atoms with E-state index in [-0.39, 0.29) is 5.92 Å². The third-order valence-electron chi connectivity index (χ3n) is 2.74. The highest BCUT2D eigenvalue weighted by Gasteiger charge is 2.43. The first-order valence-corrected chi connectivity index (χ1v) is 4.51. The summed E-state index contributed by atoms with van der Waals surface area (Å²) in [5.74, 6) is -0.0448. The molecule has 0 spiro atoms. The van der Waals surface area contributed by atoms with Crippen molar-refractivity contribution in [1.29, 1.82) is 0 Å². The molecular formula is C8H15F3N2. The lowest BCUT2D eigenvalue weighted by atomic mass is 9.93. The fourth-order valence-corrected chi connectivity index (χ4v) is 1.85. The van der Waals surface area contributed by atoms with E-state index < -0.39 is 18.3 Å². The minimum atomic E-state index is -4.36. The summed E-state index contributed by atoms with van der Waals surface area (Å²) in [6, 6.07) is -2.79. The summed E-state index contributed by atoms with van der Waals surface area (Å²) in [6.07, 6.45) is -0.843. The molecule has 0 aromatic carbocycles. The van der Waals surface area contributed by atoms with Gasteiger partial charge in [-0.3, -0.25) is 0 Å². The van der Waals surface area contributed by atoms with Crippen molar-refractivity contribution < 1.29 is 13.2 Å². The van der Waals surface area contributed by atoms with Crippen LogP contribution < -0.4 is 11.5 Å². The highest BCUT2D eigenvalue weighted by molar-refractivity contribution is 4.89. The van der Waals surface area contributed by atoms with Crippen LogP contribution in [0.25, 0.3) is 0 Å². The molecule has 0 saturated heterocycles. The molecule has 2 unspecified atom stereocenters. The fourth-order valence-electron chi connectivity index (χ4n) is 1.85. The van der Waals surface area contributed by atoms with Crippen LogP contribution in [0.15, 0.2) is 0 Å². The molecule has 1 aliphatic rings.